The summed E-state index contributed by atoms with van der Waals surface area (Å²) in [7, 11) is 0. The number of hydrogen-bond acceptors (Lipinski definition) is 4. The van der Waals surface area contributed by atoms with Crippen LogP contribution in [0.2, 0.25) is 10.0 Å². The summed E-state index contributed by atoms with van der Waals surface area (Å²) < 4.78 is 0. The minimum atomic E-state index is -0.0807. The van der Waals surface area contributed by atoms with Gasteiger partial charge in [-0.25, -0.2) is 0 Å². The Kier molecular flexibility index (Phi) is 4.94. The highest BCUT2D eigenvalue weighted by Crippen LogP contribution is 2.26. The van der Waals surface area contributed by atoms with Crippen LogP contribution in [0.5, 0.6) is 0 Å². The fourth-order valence-corrected chi connectivity index (χ4v) is 2.57. The van der Waals surface area contributed by atoms with Gasteiger partial charge in [-0.15, -0.1) is 0 Å². The predicted octanol–water partition coefficient (Wildman–Crippen LogP) is 3.15. The Labute approximate surface area is 128 Å². The van der Waals surface area contributed by atoms with Crippen LogP contribution >= 0.6 is 23.2 Å². The van der Waals surface area contributed by atoms with E-state index in [-0.39, 0.29) is 6.04 Å². The van der Waals surface area contributed by atoms with Crippen LogP contribution in [0, 0.1) is 13.8 Å². The number of hydrogen-bond donors (Lipinski definition) is 2. The predicted molar refractivity (Wildman–Crippen MR) is 81.7 cm³/mol. The van der Waals surface area contributed by atoms with Crippen LogP contribution in [0.1, 0.15) is 28.6 Å². The molecule has 0 radical (unpaired) electrons. The van der Waals surface area contributed by atoms with E-state index in [4.69, 9.17) is 29.0 Å². The Balaban J connectivity index is 2.31. The maximum atomic E-state index is 6.21. The molecule has 3 N–H and O–H groups in total. The number of nitrogens with two attached hydrogens (primary N) is 1. The summed E-state index contributed by atoms with van der Waals surface area (Å²) in [6.07, 6.45) is 0.651. The highest BCUT2D eigenvalue weighted by molar-refractivity contribution is 6.35. The van der Waals surface area contributed by atoms with Gasteiger partial charge in [0.05, 0.1) is 17.4 Å². The molecule has 0 aliphatic rings. The Bertz CT molecular complexity index is 616. The number of rotatable bonds is 4. The minimum Gasteiger partial charge on any atom is -0.271 e. The first-order chi connectivity index (χ1) is 9.51. The fraction of sp³-hybridized carbons (Fsp3) is 0.286. The molecule has 2 rings (SSSR count). The van der Waals surface area contributed by atoms with Gasteiger partial charge in [-0.1, -0.05) is 29.3 Å². The van der Waals surface area contributed by atoms with Gasteiger partial charge in [-0.2, -0.15) is 10.2 Å². The third-order valence-corrected chi connectivity index (χ3v) is 3.74. The number of nitrogens with zero attached hydrogens (tertiary/aromatic N) is 2. The van der Waals surface area contributed by atoms with Crippen LogP contribution in [-0.2, 0) is 6.42 Å². The summed E-state index contributed by atoms with van der Waals surface area (Å²) in [5.74, 6) is 5.68. The molecule has 0 amide bonds. The molecule has 1 aromatic heterocycles. The molecule has 0 aliphatic heterocycles. The van der Waals surface area contributed by atoms with Gasteiger partial charge >= 0.3 is 0 Å². The van der Waals surface area contributed by atoms with E-state index >= 15 is 0 Å². The zero-order valence-corrected chi connectivity index (χ0v) is 12.8. The van der Waals surface area contributed by atoms with Crippen molar-refractivity contribution in [1.29, 1.82) is 0 Å². The minimum absolute atomic E-state index is 0.0807. The van der Waals surface area contributed by atoms with Crippen molar-refractivity contribution < 1.29 is 0 Å². The number of aryl methyl sites for hydroxylation is 2. The van der Waals surface area contributed by atoms with Gasteiger partial charge in [0.2, 0.25) is 0 Å². The lowest BCUT2D eigenvalue weighted by molar-refractivity contribution is 0.544. The van der Waals surface area contributed by atoms with Crippen LogP contribution in [0.4, 0.5) is 0 Å². The van der Waals surface area contributed by atoms with Crippen molar-refractivity contribution in [3.05, 3.63) is 56.8 Å². The highest BCUT2D eigenvalue weighted by Gasteiger charge is 2.16. The molecule has 1 heterocycles. The number of nitrogens with one attached hydrogen (secondary N) is 1. The van der Waals surface area contributed by atoms with Gasteiger partial charge in [0.25, 0.3) is 0 Å². The largest absolute Gasteiger partial charge is 0.271 e. The molecule has 20 heavy (non-hydrogen) atoms. The third-order valence-electron chi connectivity index (χ3n) is 3.16. The second kappa shape index (κ2) is 6.50. The molecule has 4 nitrogen and oxygen atoms in total. The molecule has 0 spiro atoms. The molecular formula is C14H16Cl2N4. The topological polar surface area (TPSA) is 63.8 Å². The normalized spacial score (nSPS) is 12.4. The molecule has 0 saturated carbocycles. The van der Waals surface area contributed by atoms with E-state index in [9.17, 15) is 0 Å². The van der Waals surface area contributed by atoms with Crippen LogP contribution in [-0.4, -0.2) is 10.2 Å². The third kappa shape index (κ3) is 3.46. The molecule has 1 aromatic carbocycles. The van der Waals surface area contributed by atoms with Gasteiger partial charge in [-0.05, 0) is 49.6 Å². The summed E-state index contributed by atoms with van der Waals surface area (Å²) in [5.41, 5.74) is 6.52. The van der Waals surface area contributed by atoms with Crippen LogP contribution in [0.3, 0.4) is 0 Å². The first-order valence-corrected chi connectivity index (χ1v) is 6.97. The van der Waals surface area contributed by atoms with E-state index in [0.29, 0.717) is 16.5 Å². The first kappa shape index (κ1) is 15.2. The Hall–Kier alpha value is -1.20. The van der Waals surface area contributed by atoms with Crippen LogP contribution in [0.15, 0.2) is 24.3 Å². The van der Waals surface area contributed by atoms with E-state index in [0.717, 1.165) is 22.5 Å². The fourth-order valence-electron chi connectivity index (χ4n) is 2.09. The quantitative estimate of drug-likeness (QED) is 0.672. The molecule has 2 aromatic rings. The van der Waals surface area contributed by atoms with E-state index in [1.165, 1.54) is 0 Å². The SMILES string of the molecule is Cc1cc(C(Cc2ccc(Cl)cc2Cl)NN)c(C)nn1. The lowest BCUT2D eigenvalue weighted by Gasteiger charge is -2.19. The van der Waals surface area contributed by atoms with Crippen molar-refractivity contribution in [2.45, 2.75) is 26.3 Å². The van der Waals surface area contributed by atoms with E-state index in [1.807, 2.05) is 32.0 Å². The standard InChI is InChI=1S/C14H16Cl2N4/c1-8-5-12(9(2)20-19-8)14(18-17)6-10-3-4-11(15)7-13(10)16/h3-5,7,14,18H,6,17H2,1-2H3. The average molecular weight is 311 g/mol. The van der Waals surface area contributed by atoms with Crippen LogP contribution in [0.25, 0.3) is 0 Å². The van der Waals surface area contributed by atoms with Crippen molar-refractivity contribution in [3.8, 4) is 0 Å². The Morgan fingerprint density at radius 1 is 1.20 bits per heavy atom. The van der Waals surface area contributed by atoms with Crippen molar-refractivity contribution >= 4 is 23.2 Å². The zero-order valence-electron chi connectivity index (χ0n) is 11.3. The lowest BCUT2D eigenvalue weighted by atomic mass is 9.98. The highest BCUT2D eigenvalue weighted by atomic mass is 35.5. The zero-order chi connectivity index (χ0) is 14.7. The summed E-state index contributed by atoms with van der Waals surface area (Å²) in [4.78, 5) is 0. The van der Waals surface area contributed by atoms with E-state index in [2.05, 4.69) is 15.6 Å². The second-order valence-corrected chi connectivity index (χ2v) is 5.53. The molecular weight excluding hydrogens is 295 g/mol. The number of aromatic nitrogens is 2. The Morgan fingerprint density at radius 3 is 2.60 bits per heavy atom. The molecule has 6 heteroatoms. The monoisotopic (exact) mass is 310 g/mol. The molecule has 106 valence electrons. The van der Waals surface area contributed by atoms with Crippen molar-refractivity contribution in [3.63, 3.8) is 0 Å². The summed E-state index contributed by atoms with van der Waals surface area (Å²) in [6.45, 7) is 3.81. The molecule has 0 fully saturated rings. The summed E-state index contributed by atoms with van der Waals surface area (Å²) >= 11 is 12.1. The van der Waals surface area contributed by atoms with Gasteiger partial charge in [0.1, 0.15) is 0 Å². The van der Waals surface area contributed by atoms with Gasteiger partial charge in [0, 0.05) is 10.0 Å². The number of halogens is 2. The maximum Gasteiger partial charge on any atom is 0.0648 e. The van der Waals surface area contributed by atoms with Gasteiger partial charge < -0.3 is 0 Å². The number of hydrazine groups is 1. The summed E-state index contributed by atoms with van der Waals surface area (Å²) in [6, 6.07) is 7.36. The maximum absolute atomic E-state index is 6.21. The molecule has 0 bridgehead atoms. The van der Waals surface area contributed by atoms with Crippen molar-refractivity contribution in [2.75, 3.05) is 0 Å². The van der Waals surface area contributed by atoms with E-state index in [1.54, 1.807) is 6.07 Å². The summed E-state index contributed by atoms with van der Waals surface area (Å²) in [5, 5.41) is 9.41. The van der Waals surface area contributed by atoms with E-state index < -0.39 is 0 Å². The van der Waals surface area contributed by atoms with Gasteiger partial charge in [0.15, 0.2) is 0 Å². The molecule has 0 saturated heterocycles. The van der Waals surface area contributed by atoms with Crippen molar-refractivity contribution in [2.24, 2.45) is 5.84 Å². The van der Waals surface area contributed by atoms with Gasteiger partial charge in [-0.3, -0.25) is 11.3 Å². The average Bonchev–Trinajstić information content (AvgIpc) is 2.41. The van der Waals surface area contributed by atoms with Crippen molar-refractivity contribution in [1.82, 2.24) is 15.6 Å². The smallest absolute Gasteiger partial charge is 0.0648 e. The first-order valence-electron chi connectivity index (χ1n) is 6.22. The molecule has 1 unspecified atom stereocenters. The molecule has 1 atom stereocenters. The Morgan fingerprint density at radius 2 is 1.95 bits per heavy atom. The lowest BCUT2D eigenvalue weighted by Crippen LogP contribution is -2.30. The van der Waals surface area contributed by atoms with Crippen LogP contribution < -0.4 is 11.3 Å². The second-order valence-electron chi connectivity index (χ2n) is 4.69. The molecule has 0 aliphatic carbocycles. The number of benzene rings is 1.